The lowest BCUT2D eigenvalue weighted by Gasteiger charge is -2.64. The summed E-state index contributed by atoms with van der Waals surface area (Å²) < 4.78 is 19.0. The molecule has 2 bridgehead atoms. The first-order valence-electron chi connectivity index (χ1n) is 18.3. The van der Waals surface area contributed by atoms with Crippen LogP contribution < -0.4 is 0 Å². The quantitative estimate of drug-likeness (QED) is 0.194. The molecule has 0 aromatic carbocycles. The van der Waals surface area contributed by atoms with E-state index in [9.17, 15) is 30.3 Å². The Kier molecular flexibility index (Phi) is 8.53. The van der Waals surface area contributed by atoms with E-state index in [1.807, 2.05) is 6.92 Å². The molecule has 1 spiro atoms. The summed E-state index contributed by atoms with van der Waals surface area (Å²) in [6.07, 6.45) is 2.83. The van der Waals surface area contributed by atoms with Gasteiger partial charge >= 0.3 is 5.97 Å². The van der Waals surface area contributed by atoms with Gasteiger partial charge in [-0.1, -0.05) is 61.5 Å². The molecule has 0 amide bonds. The third kappa shape index (κ3) is 4.69. The molecule has 268 valence electrons. The molecular formula is C38H62O9. The van der Waals surface area contributed by atoms with Crippen LogP contribution in [0.4, 0.5) is 0 Å². The highest BCUT2D eigenvalue weighted by atomic mass is 16.7. The van der Waals surface area contributed by atoms with E-state index in [0.717, 1.165) is 51.4 Å². The van der Waals surface area contributed by atoms with Gasteiger partial charge in [0, 0.05) is 5.41 Å². The number of ether oxygens (including phenoxy) is 3. The van der Waals surface area contributed by atoms with Crippen LogP contribution in [0.2, 0.25) is 0 Å². The molecule has 47 heavy (non-hydrogen) atoms. The number of hydrogen-bond donors (Lipinski definition) is 5. The van der Waals surface area contributed by atoms with Crippen LogP contribution in [-0.4, -0.2) is 86.1 Å². The van der Waals surface area contributed by atoms with Gasteiger partial charge in [0.2, 0.25) is 0 Å². The van der Waals surface area contributed by atoms with E-state index in [1.54, 1.807) is 0 Å². The number of fused-ring (bicyclic) bond motifs is 1. The fourth-order valence-electron chi connectivity index (χ4n) is 11.8. The zero-order valence-electron chi connectivity index (χ0n) is 30.2. The fraction of sp³-hybridized carbons (Fsp3) is 0.921. The van der Waals surface area contributed by atoms with Crippen molar-refractivity contribution in [2.45, 2.75) is 168 Å². The molecule has 9 nitrogen and oxygen atoms in total. The summed E-state index contributed by atoms with van der Waals surface area (Å²) in [7, 11) is 0. The third-order valence-corrected chi connectivity index (χ3v) is 15.6. The molecule has 6 aliphatic rings. The zero-order valence-corrected chi connectivity index (χ0v) is 30.2. The molecule has 4 aliphatic carbocycles. The van der Waals surface area contributed by atoms with Crippen LogP contribution in [0.15, 0.2) is 11.6 Å². The molecule has 5 fully saturated rings. The molecule has 14 atom stereocenters. The summed E-state index contributed by atoms with van der Waals surface area (Å²) in [5, 5.41) is 52.3. The largest absolute Gasteiger partial charge is 0.453 e. The highest BCUT2D eigenvalue weighted by Crippen LogP contribution is 2.79. The van der Waals surface area contributed by atoms with Crippen LogP contribution in [0.25, 0.3) is 0 Å². The van der Waals surface area contributed by atoms with Crippen molar-refractivity contribution in [2.24, 2.45) is 44.8 Å². The fourth-order valence-corrected chi connectivity index (χ4v) is 11.8. The topological polar surface area (TPSA) is 146 Å². The lowest BCUT2D eigenvalue weighted by Crippen LogP contribution is -2.66. The summed E-state index contributed by atoms with van der Waals surface area (Å²) in [6, 6.07) is 0. The lowest BCUT2D eigenvalue weighted by molar-refractivity contribution is -0.328. The SMILES string of the molecule is C[C@H](CCC(C)(O)C(C)(C)C)C1CC[C@]23C(=O)O[C@]4(CC[C@]12C)C3=CC[C@H]1C(C)(C)[C@@H](O[C@@H]2O[C@H](CO)[C@H](O)[C@H](O)[C@H]2O)CC[C@@]14C. The number of rotatable bonds is 7. The Balaban J connectivity index is 1.26. The first kappa shape index (κ1) is 35.7. The van der Waals surface area contributed by atoms with Crippen LogP contribution >= 0.6 is 0 Å². The van der Waals surface area contributed by atoms with Gasteiger partial charge in [-0.2, -0.15) is 0 Å². The van der Waals surface area contributed by atoms with Crippen molar-refractivity contribution in [3.63, 3.8) is 0 Å². The molecule has 2 unspecified atom stereocenters. The second-order valence-electron chi connectivity index (χ2n) is 18.7. The van der Waals surface area contributed by atoms with Gasteiger partial charge in [-0.3, -0.25) is 4.79 Å². The minimum atomic E-state index is -1.49. The molecule has 5 N–H and O–H groups in total. The van der Waals surface area contributed by atoms with Gasteiger partial charge in [-0.15, -0.1) is 0 Å². The molecule has 3 saturated carbocycles. The first-order valence-corrected chi connectivity index (χ1v) is 18.3. The summed E-state index contributed by atoms with van der Waals surface area (Å²) in [5.41, 5.74) is -1.94. The van der Waals surface area contributed by atoms with Crippen LogP contribution in [0.1, 0.15) is 120 Å². The van der Waals surface area contributed by atoms with Gasteiger partial charge in [-0.25, -0.2) is 0 Å². The second-order valence-corrected chi connectivity index (χ2v) is 18.7. The number of esters is 1. The summed E-state index contributed by atoms with van der Waals surface area (Å²) in [4.78, 5) is 14.5. The third-order valence-electron chi connectivity index (χ3n) is 15.6. The maximum atomic E-state index is 14.5. The Hall–Kier alpha value is -1.07. The van der Waals surface area contributed by atoms with Crippen molar-refractivity contribution >= 4 is 5.97 Å². The van der Waals surface area contributed by atoms with E-state index in [1.165, 1.54) is 5.57 Å². The van der Waals surface area contributed by atoms with Crippen LogP contribution in [-0.2, 0) is 19.0 Å². The molecule has 0 aromatic heterocycles. The molecule has 2 heterocycles. The first-order chi connectivity index (χ1) is 21.6. The molecular weight excluding hydrogens is 600 g/mol. The highest BCUT2D eigenvalue weighted by molar-refractivity contribution is 5.88. The Morgan fingerprint density at radius 1 is 0.957 bits per heavy atom. The number of allylic oxidation sites excluding steroid dienone is 1. The van der Waals surface area contributed by atoms with E-state index < -0.39 is 59.3 Å². The molecule has 6 rings (SSSR count). The number of aliphatic hydroxyl groups is 5. The predicted octanol–water partition coefficient (Wildman–Crippen LogP) is 4.65. The average molecular weight is 663 g/mol. The van der Waals surface area contributed by atoms with Crippen LogP contribution in [0.5, 0.6) is 0 Å². The van der Waals surface area contributed by atoms with Gasteiger partial charge in [0.15, 0.2) is 6.29 Å². The normalized spacial score (nSPS) is 49.2. The number of aliphatic hydroxyl groups excluding tert-OH is 4. The zero-order chi connectivity index (χ0) is 34.8. The minimum absolute atomic E-state index is 0.0421. The maximum Gasteiger partial charge on any atom is 0.317 e. The van der Waals surface area contributed by atoms with E-state index in [2.05, 4.69) is 61.5 Å². The molecule has 0 radical (unpaired) electrons. The maximum absolute atomic E-state index is 14.5. The minimum Gasteiger partial charge on any atom is -0.453 e. The van der Waals surface area contributed by atoms with Crippen LogP contribution in [0.3, 0.4) is 0 Å². The monoisotopic (exact) mass is 662 g/mol. The standard InChI is InChI=1S/C38H62O9/c1-21(12-16-36(9,44)32(2,3)4)22-13-17-37-25-11-10-24-33(5,6)26(46-30-29(42)28(41)27(40)23(20-39)45-30)14-15-35(24,8)38(25,47-31(37)43)19-18-34(22,37)7/h11,21-24,26-30,39-42,44H,10,12-20H2,1-9H3/t21-,22?,23-,24+,26+,27+,28+,29-,30+,34-,35+,36?,37+,38-/m1/s1. The van der Waals surface area contributed by atoms with Gasteiger partial charge in [0.1, 0.15) is 30.0 Å². The van der Waals surface area contributed by atoms with E-state index in [4.69, 9.17) is 14.2 Å². The van der Waals surface area contributed by atoms with Gasteiger partial charge in [-0.05, 0) is 104 Å². The Bertz CT molecular complexity index is 1270. The summed E-state index contributed by atoms with van der Waals surface area (Å²) in [5.74, 6) is 0.813. The molecule has 2 aliphatic heterocycles. The Morgan fingerprint density at radius 3 is 2.28 bits per heavy atom. The molecule has 9 heteroatoms. The Labute approximate surface area is 281 Å². The smallest absolute Gasteiger partial charge is 0.317 e. The summed E-state index contributed by atoms with van der Waals surface area (Å²) in [6.45, 7) is 19.1. The van der Waals surface area contributed by atoms with Crippen molar-refractivity contribution in [2.75, 3.05) is 6.61 Å². The van der Waals surface area contributed by atoms with Gasteiger partial charge in [0.25, 0.3) is 0 Å². The predicted molar refractivity (Wildman–Crippen MR) is 176 cm³/mol. The van der Waals surface area contributed by atoms with Gasteiger partial charge < -0.3 is 39.7 Å². The van der Waals surface area contributed by atoms with Crippen molar-refractivity contribution in [3.8, 4) is 0 Å². The Morgan fingerprint density at radius 2 is 1.64 bits per heavy atom. The van der Waals surface area contributed by atoms with Crippen molar-refractivity contribution in [3.05, 3.63) is 11.6 Å². The van der Waals surface area contributed by atoms with E-state index >= 15 is 0 Å². The van der Waals surface area contributed by atoms with Crippen molar-refractivity contribution in [1.82, 2.24) is 0 Å². The van der Waals surface area contributed by atoms with Gasteiger partial charge in [0.05, 0.1) is 23.7 Å². The number of hydrogen-bond acceptors (Lipinski definition) is 9. The second kappa shape index (κ2) is 11.2. The van der Waals surface area contributed by atoms with Crippen molar-refractivity contribution < 1.29 is 44.5 Å². The van der Waals surface area contributed by atoms with Crippen molar-refractivity contribution in [1.29, 1.82) is 0 Å². The van der Waals surface area contributed by atoms with E-state index in [0.29, 0.717) is 18.3 Å². The van der Waals surface area contributed by atoms with Crippen LogP contribution in [0, 0.1) is 44.8 Å². The molecule has 2 saturated heterocycles. The molecule has 0 aromatic rings. The highest BCUT2D eigenvalue weighted by Gasteiger charge is 2.80. The van der Waals surface area contributed by atoms with E-state index in [-0.39, 0.29) is 34.2 Å². The number of carbonyl (C=O) groups is 1. The summed E-state index contributed by atoms with van der Waals surface area (Å²) >= 11 is 0. The average Bonchev–Trinajstić information content (AvgIpc) is 3.41. The number of carbonyl (C=O) groups excluding carboxylic acids is 1. The lowest BCUT2D eigenvalue weighted by atomic mass is 9.40.